The van der Waals surface area contributed by atoms with E-state index in [9.17, 15) is 9.18 Å². The number of ether oxygens (including phenoxy) is 1. The number of quaternary nitrogens is 2. The number of amides is 1. The Hall–Kier alpha value is -1.66. The Bertz CT molecular complexity index is 545. The van der Waals surface area contributed by atoms with E-state index in [0.29, 0.717) is 6.54 Å². The zero-order valence-electron chi connectivity index (χ0n) is 15.0. The van der Waals surface area contributed by atoms with Crippen LogP contribution in [0.5, 0.6) is 5.75 Å². The molecule has 1 fully saturated rings. The van der Waals surface area contributed by atoms with Crippen molar-refractivity contribution in [3.63, 3.8) is 0 Å². The molecule has 1 aliphatic rings. The molecular formula is C18H30FN3O2+2. The quantitative estimate of drug-likeness (QED) is 0.599. The third-order valence-electron chi connectivity index (χ3n) is 4.78. The minimum Gasteiger partial charge on any atom is -0.496 e. The highest BCUT2D eigenvalue weighted by Gasteiger charge is 2.26. The minimum absolute atomic E-state index is 0.134. The molecule has 1 aliphatic heterocycles. The topological polar surface area (TPSA) is 47.2 Å². The maximum Gasteiger partial charge on any atom is 0.275 e. The van der Waals surface area contributed by atoms with E-state index >= 15 is 0 Å². The summed E-state index contributed by atoms with van der Waals surface area (Å²) in [6.45, 7) is 9.27. The third-order valence-corrected chi connectivity index (χ3v) is 4.78. The molecule has 5 nitrogen and oxygen atoms in total. The molecule has 1 aromatic rings. The second-order valence-corrected chi connectivity index (χ2v) is 6.69. The number of methoxy groups -OCH3 is 1. The molecular weight excluding hydrogens is 309 g/mol. The fraction of sp³-hybridized carbons (Fsp3) is 0.611. The largest absolute Gasteiger partial charge is 0.496 e. The zero-order valence-corrected chi connectivity index (χ0v) is 15.0. The SMILES string of the molecule is CC[C@H](C)NC(=O)C[NH+]1CC[NH+](Cc2cc(F)ccc2OC)CC1. The molecule has 1 amide bonds. The number of nitrogens with one attached hydrogen (secondary N) is 3. The van der Waals surface area contributed by atoms with Crippen molar-refractivity contribution in [3.8, 4) is 5.75 Å². The molecule has 0 saturated carbocycles. The number of carbonyl (C=O) groups excluding carboxylic acids is 1. The van der Waals surface area contributed by atoms with E-state index in [1.807, 2.05) is 6.92 Å². The van der Waals surface area contributed by atoms with Crippen LogP contribution >= 0.6 is 0 Å². The molecule has 1 aromatic carbocycles. The van der Waals surface area contributed by atoms with Crippen molar-refractivity contribution in [2.45, 2.75) is 32.9 Å². The van der Waals surface area contributed by atoms with Crippen molar-refractivity contribution < 1.29 is 23.7 Å². The molecule has 3 N–H and O–H groups in total. The van der Waals surface area contributed by atoms with Crippen molar-refractivity contribution in [3.05, 3.63) is 29.6 Å². The summed E-state index contributed by atoms with van der Waals surface area (Å²) in [5.41, 5.74) is 0.908. The lowest BCUT2D eigenvalue weighted by atomic mass is 10.1. The minimum atomic E-state index is -0.226. The molecule has 0 aromatic heterocycles. The van der Waals surface area contributed by atoms with E-state index in [1.54, 1.807) is 19.2 Å². The molecule has 0 unspecified atom stereocenters. The van der Waals surface area contributed by atoms with Crippen LogP contribution in [-0.4, -0.2) is 51.8 Å². The van der Waals surface area contributed by atoms with Gasteiger partial charge in [-0.05, 0) is 31.5 Å². The molecule has 1 atom stereocenters. The number of hydrogen-bond acceptors (Lipinski definition) is 2. The summed E-state index contributed by atoms with van der Waals surface area (Å²) >= 11 is 0. The molecule has 0 spiro atoms. The van der Waals surface area contributed by atoms with Crippen molar-refractivity contribution in [2.75, 3.05) is 39.8 Å². The maximum absolute atomic E-state index is 13.5. The molecule has 1 heterocycles. The Labute approximate surface area is 143 Å². The first kappa shape index (κ1) is 18.7. The predicted molar refractivity (Wildman–Crippen MR) is 90.8 cm³/mol. The van der Waals surface area contributed by atoms with Gasteiger partial charge in [0.05, 0.1) is 12.7 Å². The summed E-state index contributed by atoms with van der Waals surface area (Å²) < 4.78 is 18.8. The molecule has 0 radical (unpaired) electrons. The first-order valence-electron chi connectivity index (χ1n) is 8.80. The van der Waals surface area contributed by atoms with E-state index in [-0.39, 0.29) is 17.8 Å². The Balaban J connectivity index is 1.81. The second-order valence-electron chi connectivity index (χ2n) is 6.69. The number of halogens is 1. The van der Waals surface area contributed by atoms with Crippen molar-refractivity contribution in [1.29, 1.82) is 0 Å². The monoisotopic (exact) mass is 339 g/mol. The molecule has 6 heteroatoms. The number of benzene rings is 1. The fourth-order valence-electron chi connectivity index (χ4n) is 3.12. The van der Waals surface area contributed by atoms with Gasteiger partial charge >= 0.3 is 0 Å². The van der Waals surface area contributed by atoms with Crippen LogP contribution in [0.4, 0.5) is 4.39 Å². The van der Waals surface area contributed by atoms with Gasteiger partial charge in [-0.15, -0.1) is 0 Å². The molecule has 2 rings (SSSR count). The van der Waals surface area contributed by atoms with Crippen LogP contribution in [0, 0.1) is 5.82 Å². The highest BCUT2D eigenvalue weighted by molar-refractivity contribution is 5.77. The molecule has 1 saturated heterocycles. The van der Waals surface area contributed by atoms with Gasteiger partial charge in [0.1, 0.15) is 44.3 Å². The lowest BCUT2D eigenvalue weighted by molar-refractivity contribution is -1.02. The first-order chi connectivity index (χ1) is 11.5. The van der Waals surface area contributed by atoms with E-state index in [4.69, 9.17) is 4.74 Å². The third kappa shape index (κ3) is 5.46. The maximum atomic E-state index is 13.5. The van der Waals surface area contributed by atoms with Gasteiger partial charge in [0.2, 0.25) is 0 Å². The van der Waals surface area contributed by atoms with Crippen molar-refractivity contribution >= 4 is 5.91 Å². The van der Waals surface area contributed by atoms with E-state index in [1.165, 1.54) is 15.9 Å². The fourth-order valence-corrected chi connectivity index (χ4v) is 3.12. The lowest BCUT2D eigenvalue weighted by Gasteiger charge is -2.30. The summed E-state index contributed by atoms with van der Waals surface area (Å²) in [6, 6.07) is 4.91. The molecule has 134 valence electrons. The summed E-state index contributed by atoms with van der Waals surface area (Å²) in [6.07, 6.45) is 0.953. The van der Waals surface area contributed by atoms with Gasteiger partial charge in [-0.1, -0.05) is 6.92 Å². The van der Waals surface area contributed by atoms with Gasteiger partial charge in [-0.2, -0.15) is 0 Å². The van der Waals surface area contributed by atoms with Gasteiger partial charge in [0, 0.05) is 6.04 Å². The highest BCUT2D eigenvalue weighted by Crippen LogP contribution is 2.18. The number of rotatable bonds is 7. The summed E-state index contributed by atoms with van der Waals surface area (Å²) in [5, 5.41) is 3.02. The molecule has 24 heavy (non-hydrogen) atoms. The normalized spacial score (nSPS) is 22.0. The van der Waals surface area contributed by atoms with Gasteiger partial charge in [0.15, 0.2) is 6.54 Å². The van der Waals surface area contributed by atoms with Gasteiger partial charge in [-0.3, -0.25) is 4.79 Å². The summed E-state index contributed by atoms with van der Waals surface area (Å²) in [5.74, 6) is 0.650. The predicted octanol–water partition coefficient (Wildman–Crippen LogP) is -0.968. The Morgan fingerprint density at radius 1 is 1.29 bits per heavy atom. The van der Waals surface area contributed by atoms with Crippen LogP contribution in [0.3, 0.4) is 0 Å². The van der Waals surface area contributed by atoms with Gasteiger partial charge in [0.25, 0.3) is 5.91 Å². The number of piperazine rings is 1. The van der Waals surface area contributed by atoms with Gasteiger partial charge in [-0.25, -0.2) is 4.39 Å². The van der Waals surface area contributed by atoms with Crippen LogP contribution in [-0.2, 0) is 11.3 Å². The number of hydrogen-bond donors (Lipinski definition) is 3. The van der Waals surface area contributed by atoms with Crippen LogP contribution in [0.15, 0.2) is 18.2 Å². The lowest BCUT2D eigenvalue weighted by Crippen LogP contribution is -3.28. The first-order valence-corrected chi connectivity index (χ1v) is 8.80. The van der Waals surface area contributed by atoms with E-state index in [0.717, 1.165) is 50.5 Å². The Morgan fingerprint density at radius 3 is 2.58 bits per heavy atom. The Kier molecular flexibility index (Phi) is 6.99. The molecule has 0 bridgehead atoms. The average molecular weight is 339 g/mol. The summed E-state index contributed by atoms with van der Waals surface area (Å²) in [7, 11) is 1.62. The average Bonchev–Trinajstić information content (AvgIpc) is 2.56. The molecule has 0 aliphatic carbocycles. The van der Waals surface area contributed by atoms with Crippen molar-refractivity contribution in [1.82, 2.24) is 5.32 Å². The van der Waals surface area contributed by atoms with Gasteiger partial charge < -0.3 is 19.9 Å². The smallest absolute Gasteiger partial charge is 0.275 e. The van der Waals surface area contributed by atoms with Crippen LogP contribution < -0.4 is 19.9 Å². The van der Waals surface area contributed by atoms with Crippen molar-refractivity contribution in [2.24, 2.45) is 0 Å². The van der Waals surface area contributed by atoms with Crippen LogP contribution in [0.2, 0.25) is 0 Å². The van der Waals surface area contributed by atoms with Crippen LogP contribution in [0.25, 0.3) is 0 Å². The highest BCUT2D eigenvalue weighted by atomic mass is 19.1. The Morgan fingerprint density at radius 2 is 1.96 bits per heavy atom. The zero-order chi connectivity index (χ0) is 17.5. The van der Waals surface area contributed by atoms with E-state index in [2.05, 4.69) is 12.2 Å². The van der Waals surface area contributed by atoms with Crippen LogP contribution in [0.1, 0.15) is 25.8 Å². The standard InChI is InChI=1S/C18H28FN3O2/c1-4-14(2)20-18(23)13-22-9-7-21(8-10-22)12-15-11-16(19)5-6-17(15)24-3/h5-6,11,14H,4,7-10,12-13H2,1-3H3,(H,20,23)/p+2/t14-/m0/s1. The number of carbonyl (C=O) groups is 1. The van der Waals surface area contributed by atoms with E-state index < -0.39 is 0 Å². The second kappa shape index (κ2) is 8.99. The summed E-state index contributed by atoms with van der Waals surface area (Å²) in [4.78, 5) is 14.7.